The van der Waals surface area contributed by atoms with Gasteiger partial charge in [0, 0.05) is 17.6 Å². The monoisotopic (exact) mass is 333 g/mol. The molecule has 0 atom stereocenters. The Morgan fingerprint density at radius 3 is 2.60 bits per heavy atom. The molecular weight excluding hydrogens is 318 g/mol. The summed E-state index contributed by atoms with van der Waals surface area (Å²) < 4.78 is 5.71. The van der Waals surface area contributed by atoms with Gasteiger partial charge in [0.15, 0.2) is 0 Å². The number of benzene rings is 2. The van der Waals surface area contributed by atoms with Gasteiger partial charge in [-0.05, 0) is 29.3 Å². The fraction of sp³-hybridized carbons (Fsp3) is 0.188. The van der Waals surface area contributed by atoms with Crippen molar-refractivity contribution < 1.29 is 9.53 Å². The molecule has 2 rings (SSSR count). The van der Waals surface area contributed by atoms with Gasteiger partial charge in [-0.2, -0.15) is 0 Å². The van der Waals surface area contributed by atoms with E-state index in [1.54, 1.807) is 6.07 Å². The molecule has 2 aromatic carbocycles. The van der Waals surface area contributed by atoms with E-state index >= 15 is 0 Å². The van der Waals surface area contributed by atoms with E-state index in [-0.39, 0.29) is 5.97 Å². The summed E-state index contributed by atoms with van der Waals surface area (Å²) in [5.41, 5.74) is 2.82. The number of methoxy groups -OCH3 is 1. The summed E-state index contributed by atoms with van der Waals surface area (Å²) in [5, 5.41) is 3.36. The fourth-order valence-corrected chi connectivity index (χ4v) is 2.28. The van der Waals surface area contributed by atoms with Gasteiger partial charge in [-0.25, -0.2) is 4.79 Å². The van der Waals surface area contributed by atoms with E-state index in [1.165, 1.54) is 12.7 Å². The summed E-state index contributed by atoms with van der Waals surface area (Å²) in [5.74, 6) is -0.318. The zero-order valence-electron chi connectivity index (χ0n) is 11.2. The maximum absolute atomic E-state index is 11.5. The Balaban J connectivity index is 2.00. The van der Waals surface area contributed by atoms with Crippen LogP contribution in [0.15, 0.2) is 53.0 Å². The second kappa shape index (κ2) is 7.22. The number of carbonyl (C=O) groups is 1. The van der Waals surface area contributed by atoms with Crippen molar-refractivity contribution in [2.45, 2.75) is 13.1 Å². The number of nitrogens with one attached hydrogen (secondary N) is 1. The van der Waals surface area contributed by atoms with Crippen LogP contribution < -0.4 is 5.32 Å². The summed E-state index contributed by atoms with van der Waals surface area (Å²) in [7, 11) is 1.39. The quantitative estimate of drug-likeness (QED) is 0.850. The lowest BCUT2D eigenvalue weighted by atomic mass is 10.1. The normalized spacial score (nSPS) is 10.3. The third-order valence-corrected chi connectivity index (χ3v) is 3.73. The Bertz CT molecular complexity index is 584. The molecule has 20 heavy (non-hydrogen) atoms. The summed E-state index contributed by atoms with van der Waals surface area (Å²) in [6.45, 7) is 1.47. The molecule has 0 aliphatic carbocycles. The van der Waals surface area contributed by atoms with E-state index < -0.39 is 0 Å². The Morgan fingerprint density at radius 2 is 1.90 bits per heavy atom. The molecule has 4 heteroatoms. The average Bonchev–Trinajstić information content (AvgIpc) is 2.49. The Kier molecular flexibility index (Phi) is 5.32. The van der Waals surface area contributed by atoms with E-state index in [1.807, 2.05) is 30.3 Å². The first-order valence-corrected chi connectivity index (χ1v) is 7.11. The van der Waals surface area contributed by atoms with Crippen molar-refractivity contribution >= 4 is 21.9 Å². The van der Waals surface area contributed by atoms with Gasteiger partial charge in [-0.1, -0.05) is 46.3 Å². The minimum absolute atomic E-state index is 0.318. The predicted octanol–water partition coefficient (Wildman–Crippen LogP) is 3.53. The van der Waals surface area contributed by atoms with Gasteiger partial charge in [0.05, 0.1) is 12.7 Å². The molecule has 0 aliphatic rings. The third kappa shape index (κ3) is 3.92. The van der Waals surface area contributed by atoms with Gasteiger partial charge >= 0.3 is 5.97 Å². The maximum atomic E-state index is 11.5. The number of rotatable bonds is 5. The number of esters is 1. The minimum Gasteiger partial charge on any atom is -0.465 e. The maximum Gasteiger partial charge on any atom is 0.337 e. The molecule has 2 aromatic rings. The van der Waals surface area contributed by atoms with Gasteiger partial charge < -0.3 is 10.1 Å². The number of hydrogen-bond donors (Lipinski definition) is 1. The largest absolute Gasteiger partial charge is 0.465 e. The topological polar surface area (TPSA) is 38.3 Å². The lowest BCUT2D eigenvalue weighted by molar-refractivity contribution is 0.0600. The molecule has 0 unspecified atom stereocenters. The highest BCUT2D eigenvalue weighted by molar-refractivity contribution is 9.10. The van der Waals surface area contributed by atoms with E-state index in [9.17, 15) is 4.79 Å². The van der Waals surface area contributed by atoms with Crippen molar-refractivity contribution in [2.75, 3.05) is 7.11 Å². The molecule has 0 bridgehead atoms. The average molecular weight is 334 g/mol. The van der Waals surface area contributed by atoms with Crippen LogP contribution in [0.5, 0.6) is 0 Å². The van der Waals surface area contributed by atoms with Crippen molar-refractivity contribution in [3.63, 3.8) is 0 Å². The van der Waals surface area contributed by atoms with E-state index in [4.69, 9.17) is 4.74 Å². The molecule has 1 N–H and O–H groups in total. The first-order valence-electron chi connectivity index (χ1n) is 6.32. The Labute approximate surface area is 127 Å². The Morgan fingerprint density at radius 1 is 1.15 bits per heavy atom. The second-order valence-electron chi connectivity index (χ2n) is 4.39. The molecule has 0 spiro atoms. The number of ether oxygens (including phenoxy) is 1. The second-order valence-corrected chi connectivity index (χ2v) is 5.24. The molecule has 0 heterocycles. The molecule has 0 aliphatic heterocycles. The van der Waals surface area contributed by atoms with Crippen LogP contribution in [0.4, 0.5) is 0 Å². The van der Waals surface area contributed by atoms with Gasteiger partial charge in [-0.3, -0.25) is 0 Å². The minimum atomic E-state index is -0.318. The summed E-state index contributed by atoms with van der Waals surface area (Å²) in [6.07, 6.45) is 0. The molecule has 0 fully saturated rings. The van der Waals surface area contributed by atoms with Crippen LogP contribution in [0.2, 0.25) is 0 Å². The van der Waals surface area contributed by atoms with Gasteiger partial charge in [-0.15, -0.1) is 0 Å². The SMILES string of the molecule is COC(=O)c1ccc(Br)c(CNCc2ccccc2)c1. The molecule has 0 aromatic heterocycles. The molecule has 0 saturated carbocycles. The fourth-order valence-electron chi connectivity index (χ4n) is 1.89. The molecular formula is C16H16BrNO2. The standard InChI is InChI=1S/C16H16BrNO2/c1-20-16(19)13-7-8-15(17)14(9-13)11-18-10-12-5-3-2-4-6-12/h2-9,18H,10-11H2,1H3. The summed E-state index contributed by atoms with van der Waals surface area (Å²) in [6, 6.07) is 15.6. The molecule has 0 amide bonds. The molecule has 0 radical (unpaired) electrons. The van der Waals surface area contributed by atoms with Crippen LogP contribution in [0.25, 0.3) is 0 Å². The van der Waals surface area contributed by atoms with E-state index in [2.05, 4.69) is 33.4 Å². The third-order valence-electron chi connectivity index (χ3n) is 2.95. The number of hydrogen-bond acceptors (Lipinski definition) is 3. The van der Waals surface area contributed by atoms with Crippen LogP contribution >= 0.6 is 15.9 Å². The molecule has 104 valence electrons. The van der Waals surface area contributed by atoms with Crippen LogP contribution in [-0.4, -0.2) is 13.1 Å². The molecule has 0 saturated heterocycles. The van der Waals surface area contributed by atoms with E-state index in [0.717, 1.165) is 16.6 Å². The highest BCUT2D eigenvalue weighted by Crippen LogP contribution is 2.19. The first-order chi connectivity index (χ1) is 9.70. The van der Waals surface area contributed by atoms with Crippen molar-refractivity contribution in [1.82, 2.24) is 5.32 Å². The van der Waals surface area contributed by atoms with Crippen molar-refractivity contribution in [3.05, 3.63) is 69.7 Å². The van der Waals surface area contributed by atoms with Crippen LogP contribution in [0.1, 0.15) is 21.5 Å². The number of carbonyl (C=O) groups excluding carboxylic acids is 1. The first kappa shape index (κ1) is 14.8. The van der Waals surface area contributed by atoms with Crippen LogP contribution in [0.3, 0.4) is 0 Å². The smallest absolute Gasteiger partial charge is 0.337 e. The lowest BCUT2D eigenvalue weighted by Gasteiger charge is -2.09. The van der Waals surface area contributed by atoms with Gasteiger partial charge in [0.25, 0.3) is 0 Å². The Hall–Kier alpha value is -1.65. The lowest BCUT2D eigenvalue weighted by Crippen LogP contribution is -2.13. The van der Waals surface area contributed by atoms with E-state index in [0.29, 0.717) is 12.1 Å². The highest BCUT2D eigenvalue weighted by atomic mass is 79.9. The number of halogens is 1. The van der Waals surface area contributed by atoms with Gasteiger partial charge in [0.1, 0.15) is 0 Å². The van der Waals surface area contributed by atoms with Crippen LogP contribution in [0, 0.1) is 0 Å². The highest BCUT2D eigenvalue weighted by Gasteiger charge is 2.08. The van der Waals surface area contributed by atoms with Crippen LogP contribution in [-0.2, 0) is 17.8 Å². The molecule has 3 nitrogen and oxygen atoms in total. The predicted molar refractivity (Wildman–Crippen MR) is 82.5 cm³/mol. The van der Waals surface area contributed by atoms with Crippen molar-refractivity contribution in [2.24, 2.45) is 0 Å². The zero-order chi connectivity index (χ0) is 14.4. The van der Waals surface area contributed by atoms with Crippen molar-refractivity contribution in [3.8, 4) is 0 Å². The van der Waals surface area contributed by atoms with Crippen molar-refractivity contribution in [1.29, 1.82) is 0 Å². The zero-order valence-corrected chi connectivity index (χ0v) is 12.8. The van der Waals surface area contributed by atoms with Gasteiger partial charge in [0.2, 0.25) is 0 Å². The summed E-state index contributed by atoms with van der Waals surface area (Å²) >= 11 is 3.50. The summed E-state index contributed by atoms with van der Waals surface area (Å²) in [4.78, 5) is 11.5.